The van der Waals surface area contributed by atoms with Gasteiger partial charge >= 0.3 is 0 Å². The van der Waals surface area contributed by atoms with Crippen LogP contribution >= 0.6 is 0 Å². The Morgan fingerprint density at radius 1 is 1.10 bits per heavy atom. The van der Waals surface area contributed by atoms with Crippen molar-refractivity contribution in [2.45, 2.75) is 44.9 Å². The molecule has 1 fully saturated rings. The lowest BCUT2D eigenvalue weighted by atomic mass is 10.0. The molecule has 3 aromatic heterocycles. The summed E-state index contributed by atoms with van der Waals surface area (Å²) in [5.74, 6) is 0.641. The van der Waals surface area contributed by atoms with Crippen molar-refractivity contribution in [2.75, 3.05) is 25.0 Å². The van der Waals surface area contributed by atoms with Crippen molar-refractivity contribution in [2.24, 2.45) is 5.92 Å². The Morgan fingerprint density at radius 3 is 2.60 bits per heavy atom. The number of nitrogens with one attached hydrogen (secondary N) is 2. The van der Waals surface area contributed by atoms with Gasteiger partial charge in [-0.2, -0.15) is 25.8 Å². The number of nitriles is 1. The SMILES string of the molecule is N#CC1CN(Cc2nn(CC(=O)N3CCc4n[nH]nc4C3)cc2-c2cnc(NC3Cc4ccccc4C3)nc2)C1. The Hall–Kier alpha value is -4.63. The van der Waals surface area contributed by atoms with E-state index in [1.807, 2.05) is 18.6 Å². The summed E-state index contributed by atoms with van der Waals surface area (Å²) in [5.41, 5.74) is 7.07. The molecule has 12 nitrogen and oxygen atoms in total. The second kappa shape index (κ2) is 10.2. The van der Waals surface area contributed by atoms with E-state index in [0.717, 1.165) is 54.1 Å². The van der Waals surface area contributed by atoms with Gasteiger partial charge in [0.1, 0.15) is 12.2 Å². The fourth-order valence-corrected chi connectivity index (χ4v) is 5.83. The maximum atomic E-state index is 13.1. The number of carbonyl (C=O) groups excluding carboxylic acids is 1. The zero-order valence-corrected chi connectivity index (χ0v) is 22.0. The van der Waals surface area contributed by atoms with Gasteiger partial charge in [0.15, 0.2) is 0 Å². The molecule has 202 valence electrons. The van der Waals surface area contributed by atoms with Crippen molar-refractivity contribution in [3.8, 4) is 17.2 Å². The molecule has 1 aliphatic carbocycles. The summed E-state index contributed by atoms with van der Waals surface area (Å²) >= 11 is 0. The average Bonchev–Trinajstić information content (AvgIpc) is 3.68. The van der Waals surface area contributed by atoms with Gasteiger partial charge in [-0.15, -0.1) is 0 Å². The van der Waals surface area contributed by atoms with E-state index in [2.05, 4.69) is 65.9 Å². The van der Waals surface area contributed by atoms with Gasteiger partial charge in [0.2, 0.25) is 11.9 Å². The second-order valence-corrected chi connectivity index (χ2v) is 10.8. The van der Waals surface area contributed by atoms with Crippen molar-refractivity contribution in [3.05, 3.63) is 71.1 Å². The van der Waals surface area contributed by atoms with Crippen LogP contribution in [0.15, 0.2) is 42.9 Å². The minimum atomic E-state index is -0.0175. The summed E-state index contributed by atoms with van der Waals surface area (Å²) in [7, 11) is 0. The zero-order valence-electron chi connectivity index (χ0n) is 22.0. The molecule has 2 N–H and O–H groups in total. The fourth-order valence-electron chi connectivity index (χ4n) is 5.83. The first kappa shape index (κ1) is 24.4. The summed E-state index contributed by atoms with van der Waals surface area (Å²) in [6.07, 6.45) is 8.14. The highest BCUT2D eigenvalue weighted by Crippen LogP contribution is 2.28. The molecule has 0 atom stereocenters. The van der Waals surface area contributed by atoms with E-state index in [1.54, 1.807) is 9.58 Å². The van der Waals surface area contributed by atoms with E-state index in [0.29, 0.717) is 32.0 Å². The molecule has 12 heteroatoms. The fraction of sp³-hybridized carbons (Fsp3) is 0.393. The van der Waals surface area contributed by atoms with Crippen LogP contribution in [0.25, 0.3) is 11.1 Å². The molecule has 2 aliphatic heterocycles. The predicted molar refractivity (Wildman–Crippen MR) is 144 cm³/mol. The van der Waals surface area contributed by atoms with Gasteiger partial charge in [-0.25, -0.2) is 9.97 Å². The van der Waals surface area contributed by atoms with Crippen LogP contribution in [0.1, 0.15) is 28.2 Å². The molecule has 4 aromatic rings. The lowest BCUT2D eigenvalue weighted by Crippen LogP contribution is -2.45. The van der Waals surface area contributed by atoms with Gasteiger partial charge in [0.25, 0.3) is 0 Å². The molecule has 0 saturated carbocycles. The van der Waals surface area contributed by atoms with Crippen molar-refractivity contribution in [3.63, 3.8) is 0 Å². The molecule has 3 aliphatic rings. The van der Waals surface area contributed by atoms with E-state index in [9.17, 15) is 10.1 Å². The minimum absolute atomic E-state index is 0.0175. The number of hydrogen-bond donors (Lipinski definition) is 2. The maximum Gasteiger partial charge on any atom is 0.244 e. The van der Waals surface area contributed by atoms with Crippen LogP contribution in [0.2, 0.25) is 0 Å². The van der Waals surface area contributed by atoms with Crippen LogP contribution in [0.4, 0.5) is 5.95 Å². The number of amides is 1. The summed E-state index contributed by atoms with van der Waals surface area (Å²) in [6.45, 7) is 3.22. The van der Waals surface area contributed by atoms with Gasteiger partial charge in [0.05, 0.1) is 29.9 Å². The molecule has 1 saturated heterocycles. The monoisotopic (exact) mass is 535 g/mol. The second-order valence-electron chi connectivity index (χ2n) is 10.8. The summed E-state index contributed by atoms with van der Waals surface area (Å²) in [5, 5.41) is 28.4. The number of fused-ring (bicyclic) bond motifs is 2. The Morgan fingerprint density at radius 2 is 1.85 bits per heavy atom. The summed E-state index contributed by atoms with van der Waals surface area (Å²) in [4.78, 5) is 26.4. The molecular formula is C28H29N11O. The van der Waals surface area contributed by atoms with Crippen molar-refractivity contribution >= 4 is 11.9 Å². The zero-order chi connectivity index (χ0) is 27.1. The molecular weight excluding hydrogens is 506 g/mol. The number of nitrogens with zero attached hydrogens (tertiary/aromatic N) is 9. The first-order chi connectivity index (χ1) is 19.6. The standard InChI is InChI=1S/C28H29N11O/c29-9-18-12-37(13-18)15-25-23(14-39(35-25)17-27(40)38-6-5-24-26(16-38)34-36-33-24)21-10-30-28(31-11-21)32-22-7-19-3-1-2-4-20(19)8-22/h1-4,10-11,14,18,22H,5-8,12-13,15-17H2,(H,30,31,32)(H,33,34,36). The smallest absolute Gasteiger partial charge is 0.244 e. The van der Waals surface area contributed by atoms with E-state index in [1.165, 1.54) is 11.1 Å². The third-order valence-electron chi connectivity index (χ3n) is 8.01. The highest BCUT2D eigenvalue weighted by Gasteiger charge is 2.29. The van der Waals surface area contributed by atoms with Crippen molar-refractivity contribution in [1.82, 2.24) is 45.0 Å². The highest BCUT2D eigenvalue weighted by atomic mass is 16.2. The van der Waals surface area contributed by atoms with Crippen LogP contribution in [0.5, 0.6) is 0 Å². The first-order valence-corrected chi connectivity index (χ1v) is 13.6. The van der Waals surface area contributed by atoms with Crippen LogP contribution in [0, 0.1) is 17.2 Å². The molecule has 5 heterocycles. The minimum Gasteiger partial charge on any atom is -0.351 e. The number of likely N-dealkylation sites (tertiary alicyclic amines) is 1. The van der Waals surface area contributed by atoms with E-state index < -0.39 is 0 Å². The predicted octanol–water partition coefficient (Wildman–Crippen LogP) is 1.58. The Balaban J connectivity index is 1.07. The maximum absolute atomic E-state index is 13.1. The Kier molecular flexibility index (Phi) is 6.20. The number of hydrogen-bond acceptors (Lipinski definition) is 9. The number of carbonyl (C=O) groups is 1. The van der Waals surface area contributed by atoms with Crippen molar-refractivity contribution in [1.29, 1.82) is 5.26 Å². The van der Waals surface area contributed by atoms with Gasteiger partial charge < -0.3 is 10.2 Å². The quantitative estimate of drug-likeness (QED) is 0.360. The normalized spacial score (nSPS) is 17.2. The lowest BCUT2D eigenvalue weighted by molar-refractivity contribution is -0.133. The van der Waals surface area contributed by atoms with Crippen LogP contribution in [-0.2, 0) is 43.7 Å². The number of aromatic amines is 1. The van der Waals surface area contributed by atoms with E-state index >= 15 is 0 Å². The Bertz CT molecular complexity index is 1550. The molecule has 0 spiro atoms. The topological polar surface area (TPSA) is 145 Å². The molecule has 0 radical (unpaired) electrons. The first-order valence-electron chi connectivity index (χ1n) is 13.6. The number of aromatic nitrogens is 7. The lowest BCUT2D eigenvalue weighted by Gasteiger charge is -2.34. The third kappa shape index (κ3) is 4.80. The number of anilines is 1. The largest absolute Gasteiger partial charge is 0.351 e. The third-order valence-corrected chi connectivity index (χ3v) is 8.01. The number of benzene rings is 1. The summed E-state index contributed by atoms with van der Waals surface area (Å²) in [6, 6.07) is 11.1. The number of rotatable bonds is 7. The molecule has 0 bridgehead atoms. The molecule has 1 amide bonds. The summed E-state index contributed by atoms with van der Waals surface area (Å²) < 4.78 is 1.70. The average molecular weight is 536 g/mol. The van der Waals surface area contributed by atoms with Crippen LogP contribution in [0.3, 0.4) is 0 Å². The van der Waals surface area contributed by atoms with Crippen LogP contribution in [-0.4, -0.2) is 76.5 Å². The molecule has 1 aromatic carbocycles. The highest BCUT2D eigenvalue weighted by molar-refractivity contribution is 5.76. The van der Waals surface area contributed by atoms with Gasteiger partial charge in [-0.1, -0.05) is 24.3 Å². The van der Waals surface area contributed by atoms with Gasteiger partial charge in [0, 0.05) is 68.4 Å². The molecule has 40 heavy (non-hydrogen) atoms. The van der Waals surface area contributed by atoms with E-state index in [4.69, 9.17) is 5.10 Å². The van der Waals surface area contributed by atoms with Gasteiger partial charge in [-0.05, 0) is 24.0 Å². The Labute approximate surface area is 231 Å². The molecule has 0 unspecified atom stereocenters. The van der Waals surface area contributed by atoms with Gasteiger partial charge in [-0.3, -0.25) is 14.4 Å². The van der Waals surface area contributed by atoms with Crippen molar-refractivity contribution < 1.29 is 4.79 Å². The van der Waals surface area contributed by atoms with Crippen LogP contribution < -0.4 is 5.32 Å². The number of H-pyrrole nitrogens is 1. The van der Waals surface area contributed by atoms with E-state index in [-0.39, 0.29) is 24.4 Å². The molecule has 7 rings (SSSR count).